The molecule has 0 aromatic carbocycles. The molecule has 32 heavy (non-hydrogen) atoms. The second-order valence-corrected chi connectivity index (χ2v) is 10.1. The van der Waals surface area contributed by atoms with Crippen LogP contribution < -0.4 is 10.5 Å². The van der Waals surface area contributed by atoms with Crippen molar-refractivity contribution < 1.29 is 4.79 Å². The molecule has 0 radical (unpaired) electrons. The number of thioether (sulfide) groups is 1. The largest absolute Gasteiger partial charge is 0.357 e. The molecule has 0 aliphatic carbocycles. The molecule has 6 nitrogen and oxygen atoms in total. The molecule has 0 bridgehead atoms. The molecule has 2 aliphatic rings. The maximum Gasteiger partial charge on any atom is 0.270 e. The summed E-state index contributed by atoms with van der Waals surface area (Å²) in [5, 5.41) is 9.77. The van der Waals surface area contributed by atoms with E-state index in [1.54, 1.807) is 9.47 Å². The smallest absolute Gasteiger partial charge is 0.270 e. The summed E-state index contributed by atoms with van der Waals surface area (Å²) in [6, 6.07) is 2.12. The Bertz CT molecular complexity index is 1020. The quantitative estimate of drug-likeness (QED) is 0.399. The van der Waals surface area contributed by atoms with Crippen LogP contribution in [0.15, 0.2) is 9.70 Å². The van der Waals surface area contributed by atoms with Crippen molar-refractivity contribution >= 4 is 46.1 Å². The summed E-state index contributed by atoms with van der Waals surface area (Å²) in [7, 11) is 0. The highest BCUT2D eigenvalue weighted by Gasteiger charge is 2.33. The third-order valence-electron chi connectivity index (χ3n) is 6.12. The average Bonchev–Trinajstić information content (AvgIpc) is 3.06. The van der Waals surface area contributed by atoms with Crippen molar-refractivity contribution in [2.24, 2.45) is 0 Å². The molecule has 0 saturated carbocycles. The van der Waals surface area contributed by atoms with Gasteiger partial charge < -0.3 is 4.90 Å². The van der Waals surface area contributed by atoms with Crippen LogP contribution in [0.4, 0.5) is 5.82 Å². The van der Waals surface area contributed by atoms with Crippen LogP contribution in [0.3, 0.4) is 0 Å². The number of unbranched alkanes of at least 4 members (excludes halogenated alkanes) is 2. The van der Waals surface area contributed by atoms with E-state index in [-0.39, 0.29) is 17.0 Å². The van der Waals surface area contributed by atoms with Gasteiger partial charge in [0, 0.05) is 31.7 Å². The van der Waals surface area contributed by atoms with E-state index in [0.29, 0.717) is 27.9 Å². The average molecular weight is 473 g/mol. The Kier molecular flexibility index (Phi) is 8.55. The molecular formula is C24H32N4O2S2. The number of anilines is 1. The van der Waals surface area contributed by atoms with Gasteiger partial charge in [-0.15, -0.1) is 0 Å². The molecule has 0 unspecified atom stereocenters. The molecule has 172 valence electrons. The standard InChI is InChI=1S/C24H32N4O2S2/c1-4-6-13-27-21(26-11-9-8-10-12-26)18(17(3)19(16-25)22(27)29)15-20-23(30)28(14-7-5-2)24(31)32-20/h15H,4-14H2,1-3H3. The van der Waals surface area contributed by atoms with Gasteiger partial charge in [-0.3, -0.25) is 19.1 Å². The van der Waals surface area contributed by atoms with Crippen molar-refractivity contribution in [3.8, 4) is 6.07 Å². The Morgan fingerprint density at radius 1 is 1.09 bits per heavy atom. The number of amides is 1. The Balaban J connectivity index is 2.18. The predicted octanol–water partition coefficient (Wildman–Crippen LogP) is 4.82. The molecule has 3 heterocycles. The van der Waals surface area contributed by atoms with Gasteiger partial charge in [-0.2, -0.15) is 5.26 Å². The molecule has 1 aromatic rings. The fourth-order valence-corrected chi connectivity index (χ4v) is 5.54. The van der Waals surface area contributed by atoms with E-state index in [4.69, 9.17) is 12.2 Å². The summed E-state index contributed by atoms with van der Waals surface area (Å²) in [4.78, 5) is 30.9. The van der Waals surface area contributed by atoms with Gasteiger partial charge in [-0.1, -0.05) is 50.7 Å². The van der Waals surface area contributed by atoms with E-state index in [1.807, 2.05) is 13.0 Å². The minimum Gasteiger partial charge on any atom is -0.357 e. The van der Waals surface area contributed by atoms with Crippen LogP contribution in [0.5, 0.6) is 0 Å². The molecule has 8 heteroatoms. The molecule has 0 N–H and O–H groups in total. The van der Waals surface area contributed by atoms with Crippen molar-refractivity contribution in [2.75, 3.05) is 24.5 Å². The second-order valence-electron chi connectivity index (χ2n) is 8.39. The monoisotopic (exact) mass is 472 g/mol. The summed E-state index contributed by atoms with van der Waals surface area (Å²) in [5.41, 5.74) is 1.38. The van der Waals surface area contributed by atoms with Gasteiger partial charge in [0.15, 0.2) is 0 Å². The van der Waals surface area contributed by atoms with Gasteiger partial charge in [0.1, 0.15) is 21.8 Å². The summed E-state index contributed by atoms with van der Waals surface area (Å²) < 4.78 is 2.34. The Hall–Kier alpha value is -2.11. The third kappa shape index (κ3) is 4.94. The van der Waals surface area contributed by atoms with Crippen LogP contribution >= 0.6 is 24.0 Å². The zero-order chi connectivity index (χ0) is 23.3. The number of hydrogen-bond donors (Lipinski definition) is 0. The van der Waals surface area contributed by atoms with E-state index >= 15 is 0 Å². The lowest BCUT2D eigenvalue weighted by molar-refractivity contribution is -0.122. The van der Waals surface area contributed by atoms with Gasteiger partial charge >= 0.3 is 0 Å². The van der Waals surface area contributed by atoms with E-state index in [1.165, 1.54) is 18.2 Å². The van der Waals surface area contributed by atoms with Gasteiger partial charge in [0.2, 0.25) is 0 Å². The van der Waals surface area contributed by atoms with Crippen LogP contribution in [0.1, 0.15) is 75.5 Å². The van der Waals surface area contributed by atoms with Crippen molar-refractivity contribution in [3.05, 3.63) is 31.9 Å². The maximum atomic E-state index is 13.3. The molecule has 0 spiro atoms. The van der Waals surface area contributed by atoms with Crippen molar-refractivity contribution in [1.29, 1.82) is 5.26 Å². The first-order valence-electron chi connectivity index (χ1n) is 11.6. The Morgan fingerprint density at radius 3 is 2.38 bits per heavy atom. The number of rotatable bonds is 8. The molecule has 2 saturated heterocycles. The van der Waals surface area contributed by atoms with E-state index in [9.17, 15) is 14.9 Å². The van der Waals surface area contributed by atoms with E-state index < -0.39 is 0 Å². The minimum absolute atomic E-state index is 0.0812. The number of thiocarbonyl (C=S) groups is 1. The first kappa shape index (κ1) is 24.5. The SMILES string of the molecule is CCCCN1C(=O)C(=Cc2c(C)c(C#N)c(=O)n(CCCC)c2N2CCCCC2)SC1=S. The molecule has 2 fully saturated rings. The number of hydrogen-bond acceptors (Lipinski definition) is 6. The van der Waals surface area contributed by atoms with Gasteiger partial charge in [-0.25, -0.2) is 0 Å². The number of nitrogens with zero attached hydrogens (tertiary/aromatic N) is 4. The molecule has 2 aliphatic heterocycles. The molecule has 0 atom stereocenters. The molecule has 3 rings (SSSR count). The lowest BCUT2D eigenvalue weighted by atomic mass is 10.0. The summed E-state index contributed by atoms with van der Waals surface area (Å²) in [5.74, 6) is 0.765. The predicted molar refractivity (Wildman–Crippen MR) is 136 cm³/mol. The summed E-state index contributed by atoms with van der Waals surface area (Å²) >= 11 is 6.79. The fraction of sp³-hybridized carbons (Fsp3) is 0.583. The first-order valence-corrected chi connectivity index (χ1v) is 12.8. The van der Waals surface area contributed by atoms with E-state index in [2.05, 4.69) is 24.8 Å². The number of pyridine rings is 1. The highest BCUT2D eigenvalue weighted by Crippen LogP contribution is 2.36. The van der Waals surface area contributed by atoms with Gasteiger partial charge in [-0.05, 0) is 50.7 Å². The second kappa shape index (κ2) is 11.2. The lowest BCUT2D eigenvalue weighted by Crippen LogP contribution is -2.37. The van der Waals surface area contributed by atoms with Crippen molar-refractivity contribution in [3.63, 3.8) is 0 Å². The zero-order valence-electron chi connectivity index (χ0n) is 19.3. The zero-order valence-corrected chi connectivity index (χ0v) is 20.9. The number of carbonyl (C=O) groups excluding carboxylic acids is 1. The van der Waals surface area contributed by atoms with Crippen LogP contribution in [0, 0.1) is 18.3 Å². The van der Waals surface area contributed by atoms with Crippen LogP contribution in [-0.2, 0) is 11.3 Å². The van der Waals surface area contributed by atoms with E-state index in [0.717, 1.165) is 63.0 Å². The topological polar surface area (TPSA) is 69.3 Å². The van der Waals surface area contributed by atoms with Crippen LogP contribution in [0.25, 0.3) is 6.08 Å². The van der Waals surface area contributed by atoms with Crippen molar-refractivity contribution in [1.82, 2.24) is 9.47 Å². The lowest BCUT2D eigenvalue weighted by Gasteiger charge is -2.33. The summed E-state index contributed by atoms with van der Waals surface area (Å²) in [6.07, 6.45) is 8.88. The number of piperidine rings is 1. The number of aromatic nitrogens is 1. The Morgan fingerprint density at radius 2 is 1.75 bits per heavy atom. The van der Waals surface area contributed by atoms with Gasteiger partial charge in [0.25, 0.3) is 11.5 Å². The molecule has 1 amide bonds. The Labute approximate surface area is 200 Å². The highest BCUT2D eigenvalue weighted by molar-refractivity contribution is 8.26. The molecule has 1 aromatic heterocycles. The maximum absolute atomic E-state index is 13.3. The fourth-order valence-electron chi connectivity index (χ4n) is 4.25. The normalized spacial score (nSPS) is 18.0. The van der Waals surface area contributed by atoms with Crippen LogP contribution in [0.2, 0.25) is 0 Å². The van der Waals surface area contributed by atoms with Crippen molar-refractivity contribution in [2.45, 2.75) is 72.3 Å². The summed E-state index contributed by atoms with van der Waals surface area (Å²) in [6.45, 7) is 8.92. The highest BCUT2D eigenvalue weighted by atomic mass is 32.2. The number of nitriles is 1. The molecular weight excluding hydrogens is 440 g/mol. The minimum atomic E-state index is -0.230. The van der Waals surface area contributed by atoms with Gasteiger partial charge in [0.05, 0.1) is 4.91 Å². The third-order valence-corrected chi connectivity index (χ3v) is 7.50. The van der Waals surface area contributed by atoms with Crippen LogP contribution in [-0.4, -0.2) is 39.3 Å². The number of carbonyl (C=O) groups is 1. The first-order chi connectivity index (χ1) is 15.4.